The molecule has 0 aromatic rings. The van der Waals surface area contributed by atoms with E-state index < -0.39 is 0 Å². The lowest BCUT2D eigenvalue weighted by Crippen LogP contribution is -2.39. The molecule has 2 heterocycles. The number of ether oxygens (including phenoxy) is 1. The molecule has 2 saturated heterocycles. The molecule has 2 fully saturated rings. The molecule has 6 nitrogen and oxygen atoms in total. The molecule has 1 amide bonds. The molecular formula is C14H27N3O3. The van der Waals surface area contributed by atoms with Crippen molar-refractivity contribution in [1.29, 1.82) is 0 Å². The first kappa shape index (κ1) is 16.9. The van der Waals surface area contributed by atoms with Crippen molar-refractivity contribution in [3.63, 3.8) is 0 Å². The van der Waals surface area contributed by atoms with Crippen molar-refractivity contribution in [2.45, 2.75) is 37.8 Å². The monoisotopic (exact) mass is 285 g/mol. The number of nitrogens with one attached hydrogen (secondary N) is 1. The van der Waals surface area contributed by atoms with Crippen molar-refractivity contribution in [2.75, 3.05) is 41.3 Å². The zero-order valence-corrected chi connectivity index (χ0v) is 13.0. The van der Waals surface area contributed by atoms with E-state index in [0.29, 0.717) is 0 Å². The summed E-state index contributed by atoms with van der Waals surface area (Å²) in [7, 11) is 7.07. The van der Waals surface area contributed by atoms with Gasteiger partial charge in [-0.2, -0.15) is 0 Å². The van der Waals surface area contributed by atoms with E-state index in [9.17, 15) is 9.59 Å². The number of hydrogen-bond donors (Lipinski definition) is 1. The van der Waals surface area contributed by atoms with Gasteiger partial charge in [0, 0.05) is 7.05 Å². The van der Waals surface area contributed by atoms with Crippen LogP contribution in [0, 0.1) is 0 Å². The van der Waals surface area contributed by atoms with E-state index >= 15 is 0 Å². The minimum Gasteiger partial charge on any atom is -0.468 e. The second kappa shape index (κ2) is 8.21. The van der Waals surface area contributed by atoms with E-state index in [1.807, 2.05) is 19.0 Å². The van der Waals surface area contributed by atoms with Crippen LogP contribution in [-0.4, -0.2) is 75.1 Å². The van der Waals surface area contributed by atoms with Gasteiger partial charge in [-0.15, -0.1) is 0 Å². The Kier molecular flexibility index (Phi) is 6.95. The van der Waals surface area contributed by atoms with Crippen molar-refractivity contribution in [3.05, 3.63) is 0 Å². The van der Waals surface area contributed by atoms with Crippen LogP contribution in [0.4, 0.5) is 0 Å². The summed E-state index contributed by atoms with van der Waals surface area (Å²) in [5.41, 5.74) is 0. The molecule has 116 valence electrons. The Morgan fingerprint density at radius 2 is 1.55 bits per heavy atom. The summed E-state index contributed by atoms with van der Waals surface area (Å²) in [4.78, 5) is 26.2. The zero-order chi connectivity index (χ0) is 15.1. The third-order valence-corrected chi connectivity index (χ3v) is 4.06. The summed E-state index contributed by atoms with van der Waals surface area (Å²) in [5.74, 6) is 0.0556. The van der Waals surface area contributed by atoms with Gasteiger partial charge >= 0.3 is 5.97 Å². The van der Waals surface area contributed by atoms with Crippen molar-refractivity contribution < 1.29 is 14.3 Å². The number of carbonyl (C=O) groups excluding carboxylic acids is 2. The molecule has 1 N–H and O–H groups in total. The van der Waals surface area contributed by atoms with Crippen LogP contribution < -0.4 is 5.32 Å². The molecule has 0 saturated carbocycles. The molecular weight excluding hydrogens is 258 g/mol. The van der Waals surface area contributed by atoms with Gasteiger partial charge in [-0.05, 0) is 52.9 Å². The highest BCUT2D eigenvalue weighted by molar-refractivity contribution is 5.81. The summed E-state index contributed by atoms with van der Waals surface area (Å²) in [6.45, 7) is 2.07. The maximum Gasteiger partial charge on any atom is 0.323 e. The van der Waals surface area contributed by atoms with Crippen LogP contribution in [0.25, 0.3) is 0 Å². The number of methoxy groups -OCH3 is 1. The standard InChI is InChI=1S/C7H14N2O.C7H13NO2/c1-8-7(10)6-4-3-5-9(6)2;1-8-5-3-4-6(8)7(9)10-2/h6H,3-5H2,1-2H3,(H,8,10);6H,3-5H2,1-2H3/t2*6-/m11/s1. The lowest BCUT2D eigenvalue weighted by molar-refractivity contribution is -0.145. The Bertz CT molecular complexity index is 304. The van der Waals surface area contributed by atoms with Crippen LogP contribution in [-0.2, 0) is 14.3 Å². The van der Waals surface area contributed by atoms with Crippen molar-refractivity contribution in [3.8, 4) is 0 Å². The van der Waals surface area contributed by atoms with Crippen LogP contribution in [0.3, 0.4) is 0 Å². The lowest BCUT2D eigenvalue weighted by Gasteiger charge is -2.16. The number of hydrogen-bond acceptors (Lipinski definition) is 5. The van der Waals surface area contributed by atoms with Crippen molar-refractivity contribution >= 4 is 11.9 Å². The van der Waals surface area contributed by atoms with E-state index in [1.165, 1.54) is 7.11 Å². The second-order valence-corrected chi connectivity index (χ2v) is 5.41. The number of nitrogens with zero attached hydrogens (tertiary/aromatic N) is 2. The molecule has 0 aliphatic carbocycles. The summed E-state index contributed by atoms with van der Waals surface area (Å²) in [6.07, 6.45) is 4.21. The average molecular weight is 285 g/mol. The van der Waals surface area contributed by atoms with Gasteiger partial charge in [-0.3, -0.25) is 19.4 Å². The Labute approximate surface area is 121 Å². The minimum atomic E-state index is -0.0972. The van der Waals surface area contributed by atoms with Crippen LogP contribution >= 0.6 is 0 Å². The fourth-order valence-electron chi connectivity index (χ4n) is 2.75. The molecule has 2 atom stereocenters. The maximum absolute atomic E-state index is 11.1. The van der Waals surface area contributed by atoms with Gasteiger partial charge in [0.15, 0.2) is 0 Å². The van der Waals surface area contributed by atoms with Crippen LogP contribution in [0.5, 0.6) is 0 Å². The molecule has 2 aliphatic heterocycles. The summed E-state index contributed by atoms with van der Waals surface area (Å²) in [6, 6.07) is 0.148. The summed E-state index contributed by atoms with van der Waals surface area (Å²) >= 11 is 0. The third kappa shape index (κ3) is 4.45. The largest absolute Gasteiger partial charge is 0.468 e. The third-order valence-electron chi connectivity index (χ3n) is 4.06. The molecule has 0 radical (unpaired) electrons. The lowest BCUT2D eigenvalue weighted by atomic mass is 10.2. The predicted octanol–water partition coefficient (Wildman–Crippen LogP) is 0.0802. The minimum absolute atomic E-state index is 0.0185. The van der Waals surface area contributed by atoms with Gasteiger partial charge in [0.1, 0.15) is 6.04 Å². The maximum atomic E-state index is 11.1. The van der Waals surface area contributed by atoms with Crippen molar-refractivity contribution in [2.24, 2.45) is 0 Å². The molecule has 0 aromatic heterocycles. The second-order valence-electron chi connectivity index (χ2n) is 5.41. The Hall–Kier alpha value is -1.14. The molecule has 0 unspecified atom stereocenters. The number of rotatable bonds is 2. The first-order valence-corrected chi connectivity index (χ1v) is 7.21. The SMILES string of the molecule is CNC(=O)[C@H]1CCCN1C.COC(=O)[C@H]1CCCN1C. The van der Waals surface area contributed by atoms with Gasteiger partial charge < -0.3 is 10.1 Å². The zero-order valence-electron chi connectivity index (χ0n) is 13.0. The van der Waals surface area contributed by atoms with E-state index in [0.717, 1.165) is 38.8 Å². The van der Waals surface area contributed by atoms with Crippen LogP contribution in [0.15, 0.2) is 0 Å². The highest BCUT2D eigenvalue weighted by Crippen LogP contribution is 2.15. The van der Waals surface area contributed by atoms with Gasteiger partial charge in [-0.25, -0.2) is 0 Å². The predicted molar refractivity (Wildman–Crippen MR) is 77.4 cm³/mol. The van der Waals surface area contributed by atoms with Gasteiger partial charge in [0.05, 0.1) is 13.2 Å². The number of likely N-dealkylation sites (tertiary alicyclic amines) is 2. The highest BCUT2D eigenvalue weighted by Gasteiger charge is 2.28. The van der Waals surface area contributed by atoms with E-state index in [4.69, 9.17) is 0 Å². The molecule has 2 aliphatic rings. The first-order valence-electron chi connectivity index (χ1n) is 7.21. The number of esters is 1. The fourth-order valence-corrected chi connectivity index (χ4v) is 2.75. The molecule has 0 aromatic carbocycles. The highest BCUT2D eigenvalue weighted by atomic mass is 16.5. The van der Waals surface area contributed by atoms with Crippen LogP contribution in [0.1, 0.15) is 25.7 Å². The quantitative estimate of drug-likeness (QED) is 0.728. The van der Waals surface area contributed by atoms with E-state index in [1.54, 1.807) is 7.05 Å². The Morgan fingerprint density at radius 3 is 1.90 bits per heavy atom. The number of carbonyl (C=O) groups is 2. The van der Waals surface area contributed by atoms with Crippen molar-refractivity contribution in [1.82, 2.24) is 15.1 Å². The molecule has 0 spiro atoms. The first-order chi connectivity index (χ1) is 9.51. The molecule has 2 rings (SSSR count). The normalized spacial score (nSPS) is 26.8. The van der Waals surface area contributed by atoms with E-state index in [-0.39, 0.29) is 24.0 Å². The number of amides is 1. The average Bonchev–Trinajstić information content (AvgIpc) is 3.06. The van der Waals surface area contributed by atoms with Gasteiger partial charge in [-0.1, -0.05) is 0 Å². The number of likely N-dealkylation sites (N-methyl/N-ethyl adjacent to an activating group) is 3. The summed E-state index contributed by atoms with van der Waals surface area (Å²) in [5, 5.41) is 2.66. The van der Waals surface area contributed by atoms with E-state index in [2.05, 4.69) is 15.0 Å². The smallest absolute Gasteiger partial charge is 0.323 e. The molecule has 20 heavy (non-hydrogen) atoms. The fraction of sp³-hybridized carbons (Fsp3) is 0.857. The topological polar surface area (TPSA) is 61.9 Å². The summed E-state index contributed by atoms with van der Waals surface area (Å²) < 4.78 is 4.62. The van der Waals surface area contributed by atoms with Crippen LogP contribution in [0.2, 0.25) is 0 Å². The van der Waals surface area contributed by atoms with Gasteiger partial charge in [0.25, 0.3) is 0 Å². The molecule has 6 heteroatoms. The molecule has 0 bridgehead atoms. The van der Waals surface area contributed by atoms with Gasteiger partial charge in [0.2, 0.25) is 5.91 Å². The Balaban J connectivity index is 0.000000200. The Morgan fingerprint density at radius 1 is 1.05 bits per heavy atom.